The van der Waals surface area contributed by atoms with Crippen molar-refractivity contribution in [2.45, 2.75) is 26.3 Å². The first kappa shape index (κ1) is 18.7. The molecule has 0 bridgehead atoms. The summed E-state index contributed by atoms with van der Waals surface area (Å²) in [7, 11) is 2.07. The predicted molar refractivity (Wildman–Crippen MR) is 96.2 cm³/mol. The first-order valence-corrected chi connectivity index (χ1v) is 8.80. The Morgan fingerprint density at radius 3 is 2.38 bits per heavy atom. The molecule has 1 aromatic rings. The Kier molecular flexibility index (Phi) is 6.63. The Hall–Kier alpha value is -1.59. The second kappa shape index (κ2) is 8.49. The number of carbonyl (C=O) groups is 2. The summed E-state index contributed by atoms with van der Waals surface area (Å²) in [5, 5.41) is 3.47. The Morgan fingerprint density at radius 1 is 1.08 bits per heavy atom. The second-order valence-electron chi connectivity index (χ2n) is 6.68. The fourth-order valence-corrected chi connectivity index (χ4v) is 2.93. The number of hydrogen-bond donors (Lipinski definition) is 1. The number of rotatable bonds is 4. The third-order valence-corrected chi connectivity index (χ3v) is 4.61. The van der Waals surface area contributed by atoms with E-state index in [1.165, 1.54) is 0 Å². The Morgan fingerprint density at radius 2 is 1.75 bits per heavy atom. The van der Waals surface area contributed by atoms with Crippen LogP contribution in [0.4, 0.5) is 0 Å². The van der Waals surface area contributed by atoms with Gasteiger partial charge in [-0.2, -0.15) is 0 Å². The summed E-state index contributed by atoms with van der Waals surface area (Å²) < 4.78 is 0. The zero-order chi connectivity index (χ0) is 17.7. The van der Waals surface area contributed by atoms with Crippen LogP contribution in [-0.4, -0.2) is 60.9 Å². The monoisotopic (exact) mass is 351 g/mol. The number of nitrogens with one attached hydrogen (secondary N) is 1. The van der Waals surface area contributed by atoms with Crippen LogP contribution >= 0.6 is 11.6 Å². The zero-order valence-corrected chi connectivity index (χ0v) is 15.3. The molecule has 1 N–H and O–H groups in total. The molecule has 1 atom stereocenters. The standard InChI is InChI=1S/C18H26ClN3O2/c1-13(2)16(18(24)22-10-4-9-21(3)11-12-22)20-17(23)14-5-7-15(19)8-6-14/h5-8,13,16H,4,9-12H2,1-3H3,(H,20,23)/t16-/m1/s1. The van der Waals surface area contributed by atoms with Crippen molar-refractivity contribution in [3.8, 4) is 0 Å². The third kappa shape index (κ3) is 4.95. The third-order valence-electron chi connectivity index (χ3n) is 4.36. The highest BCUT2D eigenvalue weighted by Gasteiger charge is 2.29. The topological polar surface area (TPSA) is 52.7 Å². The Labute approximate surface area is 149 Å². The summed E-state index contributed by atoms with van der Waals surface area (Å²) in [5.41, 5.74) is 0.508. The number of carbonyl (C=O) groups excluding carboxylic acids is 2. The van der Waals surface area contributed by atoms with E-state index in [2.05, 4.69) is 17.3 Å². The summed E-state index contributed by atoms with van der Waals surface area (Å²) >= 11 is 5.86. The van der Waals surface area contributed by atoms with Gasteiger partial charge in [-0.15, -0.1) is 0 Å². The number of amides is 2. The molecule has 0 saturated carbocycles. The molecule has 6 heteroatoms. The van der Waals surface area contributed by atoms with Crippen LogP contribution in [0.1, 0.15) is 30.6 Å². The van der Waals surface area contributed by atoms with Gasteiger partial charge in [0.05, 0.1) is 0 Å². The molecule has 2 amide bonds. The molecule has 5 nitrogen and oxygen atoms in total. The fraction of sp³-hybridized carbons (Fsp3) is 0.556. The van der Waals surface area contributed by atoms with Gasteiger partial charge < -0.3 is 15.1 Å². The van der Waals surface area contributed by atoms with Crippen molar-refractivity contribution in [2.75, 3.05) is 33.2 Å². The predicted octanol–water partition coefficient (Wildman–Crippen LogP) is 2.26. The molecule has 24 heavy (non-hydrogen) atoms. The van der Waals surface area contributed by atoms with Gasteiger partial charge in [0.2, 0.25) is 5.91 Å². The van der Waals surface area contributed by atoms with Gasteiger partial charge >= 0.3 is 0 Å². The van der Waals surface area contributed by atoms with Crippen molar-refractivity contribution >= 4 is 23.4 Å². The lowest BCUT2D eigenvalue weighted by Crippen LogP contribution is -2.52. The molecule has 1 aliphatic rings. The van der Waals surface area contributed by atoms with Crippen LogP contribution in [0.2, 0.25) is 5.02 Å². The van der Waals surface area contributed by atoms with Gasteiger partial charge in [0, 0.05) is 30.2 Å². The molecule has 0 aromatic heterocycles. The fourth-order valence-electron chi connectivity index (χ4n) is 2.80. The Balaban J connectivity index is 2.06. The molecule has 0 spiro atoms. The van der Waals surface area contributed by atoms with E-state index in [0.29, 0.717) is 17.1 Å². The maximum atomic E-state index is 12.9. The lowest BCUT2D eigenvalue weighted by molar-refractivity contribution is -0.134. The van der Waals surface area contributed by atoms with Crippen LogP contribution in [0.25, 0.3) is 0 Å². The van der Waals surface area contributed by atoms with E-state index >= 15 is 0 Å². The minimum absolute atomic E-state index is 0.00242. The summed E-state index contributed by atoms with van der Waals surface area (Å²) in [6.07, 6.45) is 0.957. The minimum Gasteiger partial charge on any atom is -0.340 e. The second-order valence-corrected chi connectivity index (χ2v) is 7.12. The van der Waals surface area contributed by atoms with Crippen molar-refractivity contribution in [1.82, 2.24) is 15.1 Å². The van der Waals surface area contributed by atoms with Gasteiger partial charge in [-0.25, -0.2) is 0 Å². The van der Waals surface area contributed by atoms with Crippen molar-refractivity contribution < 1.29 is 9.59 Å². The van der Waals surface area contributed by atoms with Gasteiger partial charge in [-0.3, -0.25) is 9.59 Å². The minimum atomic E-state index is -0.517. The number of halogens is 1. The molecule has 1 aliphatic heterocycles. The number of likely N-dealkylation sites (N-methyl/N-ethyl adjacent to an activating group) is 1. The van der Waals surface area contributed by atoms with E-state index in [1.807, 2.05) is 18.7 Å². The maximum Gasteiger partial charge on any atom is 0.251 e. The van der Waals surface area contributed by atoms with Gasteiger partial charge in [0.15, 0.2) is 0 Å². The zero-order valence-electron chi connectivity index (χ0n) is 14.6. The summed E-state index contributed by atoms with van der Waals surface area (Å²) in [5.74, 6) is -0.219. The number of hydrogen-bond acceptors (Lipinski definition) is 3. The highest BCUT2D eigenvalue weighted by atomic mass is 35.5. The lowest BCUT2D eigenvalue weighted by atomic mass is 10.0. The molecule has 0 unspecified atom stereocenters. The van der Waals surface area contributed by atoms with E-state index in [0.717, 1.165) is 26.1 Å². The van der Waals surface area contributed by atoms with Crippen molar-refractivity contribution in [1.29, 1.82) is 0 Å². The molecule has 132 valence electrons. The van der Waals surface area contributed by atoms with Gasteiger partial charge in [-0.05, 0) is 50.2 Å². The average molecular weight is 352 g/mol. The van der Waals surface area contributed by atoms with Crippen LogP contribution in [0.5, 0.6) is 0 Å². The van der Waals surface area contributed by atoms with Crippen molar-refractivity contribution in [3.05, 3.63) is 34.9 Å². The summed E-state index contributed by atoms with van der Waals surface area (Å²) in [6, 6.07) is 6.16. The van der Waals surface area contributed by atoms with Crippen LogP contribution < -0.4 is 5.32 Å². The normalized spacial score (nSPS) is 17.5. The number of benzene rings is 1. The Bertz CT molecular complexity index is 574. The maximum absolute atomic E-state index is 12.9. The molecule has 1 heterocycles. The summed E-state index contributed by atoms with van der Waals surface area (Å²) in [6.45, 7) is 7.21. The molecule has 1 aromatic carbocycles. The first-order chi connectivity index (χ1) is 11.4. The van der Waals surface area contributed by atoms with E-state index < -0.39 is 6.04 Å². The highest BCUT2D eigenvalue weighted by Crippen LogP contribution is 2.13. The lowest BCUT2D eigenvalue weighted by Gasteiger charge is -2.29. The molecule has 1 fully saturated rings. The molecular weight excluding hydrogens is 326 g/mol. The van der Waals surface area contributed by atoms with Crippen LogP contribution in [0, 0.1) is 5.92 Å². The van der Waals surface area contributed by atoms with Crippen molar-refractivity contribution in [2.24, 2.45) is 5.92 Å². The molecule has 2 rings (SSSR count). The molecule has 0 radical (unpaired) electrons. The van der Waals surface area contributed by atoms with E-state index in [4.69, 9.17) is 11.6 Å². The van der Waals surface area contributed by atoms with Crippen LogP contribution in [0.15, 0.2) is 24.3 Å². The van der Waals surface area contributed by atoms with Gasteiger partial charge in [0.25, 0.3) is 5.91 Å². The van der Waals surface area contributed by atoms with Crippen molar-refractivity contribution in [3.63, 3.8) is 0 Å². The van der Waals surface area contributed by atoms with Gasteiger partial charge in [-0.1, -0.05) is 25.4 Å². The average Bonchev–Trinajstić information content (AvgIpc) is 2.76. The molecular formula is C18H26ClN3O2. The molecule has 1 saturated heterocycles. The van der Waals surface area contributed by atoms with Gasteiger partial charge in [0.1, 0.15) is 6.04 Å². The highest BCUT2D eigenvalue weighted by molar-refractivity contribution is 6.30. The first-order valence-electron chi connectivity index (χ1n) is 8.42. The largest absolute Gasteiger partial charge is 0.340 e. The molecule has 0 aliphatic carbocycles. The van der Waals surface area contributed by atoms with E-state index in [9.17, 15) is 9.59 Å². The number of nitrogens with zero attached hydrogens (tertiary/aromatic N) is 2. The summed E-state index contributed by atoms with van der Waals surface area (Å²) in [4.78, 5) is 29.4. The smallest absolute Gasteiger partial charge is 0.251 e. The van der Waals surface area contributed by atoms with E-state index in [1.54, 1.807) is 24.3 Å². The van der Waals surface area contributed by atoms with Crippen LogP contribution in [-0.2, 0) is 4.79 Å². The van der Waals surface area contributed by atoms with Crippen LogP contribution in [0.3, 0.4) is 0 Å². The SMILES string of the molecule is CC(C)[C@@H](NC(=O)c1ccc(Cl)cc1)C(=O)N1CCCN(C)CC1. The van der Waals surface area contributed by atoms with E-state index in [-0.39, 0.29) is 17.7 Å². The quantitative estimate of drug-likeness (QED) is 0.905.